The molecule has 1 rings (SSSR count). The van der Waals surface area contributed by atoms with Crippen molar-refractivity contribution in [2.75, 3.05) is 6.61 Å². The molecule has 1 aromatic heterocycles. The lowest BCUT2D eigenvalue weighted by Gasteiger charge is -2.10. The number of aromatic nitrogens is 1. The van der Waals surface area contributed by atoms with Gasteiger partial charge in [0.05, 0.1) is 17.2 Å². The summed E-state index contributed by atoms with van der Waals surface area (Å²) in [7, 11) is 0. The molecule has 4 nitrogen and oxygen atoms in total. The Morgan fingerprint density at radius 1 is 1.79 bits per heavy atom. The number of carbonyl (C=O) groups is 1. The Kier molecular flexibility index (Phi) is 3.85. The zero-order chi connectivity index (χ0) is 10.6. The monoisotopic (exact) mass is 214 g/mol. The molecule has 2 N–H and O–H groups in total. The number of pyridine rings is 1. The van der Waals surface area contributed by atoms with E-state index < -0.39 is 0 Å². The van der Waals surface area contributed by atoms with E-state index in [1.807, 2.05) is 0 Å². The van der Waals surface area contributed by atoms with E-state index in [4.69, 9.17) is 16.7 Å². The van der Waals surface area contributed by atoms with E-state index in [1.54, 1.807) is 6.92 Å². The van der Waals surface area contributed by atoms with E-state index >= 15 is 0 Å². The summed E-state index contributed by atoms with van der Waals surface area (Å²) in [6.07, 6.45) is 2.89. The Morgan fingerprint density at radius 2 is 2.50 bits per heavy atom. The maximum absolute atomic E-state index is 11.5. The van der Waals surface area contributed by atoms with Crippen LogP contribution in [0.25, 0.3) is 0 Å². The van der Waals surface area contributed by atoms with Gasteiger partial charge in [-0.05, 0) is 13.0 Å². The molecule has 0 aromatic carbocycles. The molecule has 1 aromatic rings. The minimum absolute atomic E-state index is 0.103. The Morgan fingerprint density at radius 3 is 3.07 bits per heavy atom. The van der Waals surface area contributed by atoms with Gasteiger partial charge in [0.1, 0.15) is 0 Å². The predicted octanol–water partition coefficient (Wildman–Crippen LogP) is 0.846. The molecule has 0 radical (unpaired) electrons. The summed E-state index contributed by atoms with van der Waals surface area (Å²) >= 11 is 5.76. The third-order valence-corrected chi connectivity index (χ3v) is 1.97. The molecule has 0 fully saturated rings. The normalized spacial score (nSPS) is 12.2. The maximum atomic E-state index is 11.5. The second-order valence-corrected chi connectivity index (χ2v) is 3.32. The highest BCUT2D eigenvalue weighted by atomic mass is 35.5. The first-order valence-corrected chi connectivity index (χ1v) is 4.54. The number of hydrogen-bond acceptors (Lipinski definition) is 3. The zero-order valence-electron chi connectivity index (χ0n) is 7.70. The van der Waals surface area contributed by atoms with Crippen molar-refractivity contribution >= 4 is 17.5 Å². The summed E-state index contributed by atoms with van der Waals surface area (Å²) in [5.74, 6) is -0.307. The van der Waals surface area contributed by atoms with Crippen molar-refractivity contribution in [2.24, 2.45) is 0 Å². The first kappa shape index (κ1) is 10.9. The van der Waals surface area contributed by atoms with Crippen LogP contribution in [0.5, 0.6) is 0 Å². The van der Waals surface area contributed by atoms with Gasteiger partial charge in [0.2, 0.25) is 0 Å². The molecule has 0 aliphatic carbocycles. The van der Waals surface area contributed by atoms with Crippen molar-refractivity contribution in [2.45, 2.75) is 13.0 Å². The molecule has 5 heteroatoms. The summed E-state index contributed by atoms with van der Waals surface area (Å²) in [5.41, 5.74) is 0.363. The second-order valence-electron chi connectivity index (χ2n) is 2.91. The SMILES string of the molecule is CC(CO)NC(=O)c1ccncc1Cl. The highest BCUT2D eigenvalue weighted by molar-refractivity contribution is 6.33. The van der Waals surface area contributed by atoms with E-state index in [-0.39, 0.29) is 18.6 Å². The van der Waals surface area contributed by atoms with Gasteiger partial charge in [-0.15, -0.1) is 0 Å². The molecule has 14 heavy (non-hydrogen) atoms. The van der Waals surface area contributed by atoms with Crippen molar-refractivity contribution < 1.29 is 9.90 Å². The summed E-state index contributed by atoms with van der Waals surface area (Å²) < 4.78 is 0. The van der Waals surface area contributed by atoms with E-state index in [2.05, 4.69) is 10.3 Å². The van der Waals surface area contributed by atoms with Crippen LogP contribution in [0, 0.1) is 0 Å². The fourth-order valence-electron chi connectivity index (χ4n) is 0.907. The summed E-state index contributed by atoms with van der Waals surface area (Å²) in [4.78, 5) is 15.3. The smallest absolute Gasteiger partial charge is 0.253 e. The highest BCUT2D eigenvalue weighted by Gasteiger charge is 2.11. The van der Waals surface area contributed by atoms with Gasteiger partial charge in [0.15, 0.2) is 0 Å². The molecule has 1 heterocycles. The third kappa shape index (κ3) is 2.68. The topological polar surface area (TPSA) is 62.2 Å². The van der Waals surface area contributed by atoms with Gasteiger partial charge in [-0.25, -0.2) is 0 Å². The van der Waals surface area contributed by atoms with Crippen molar-refractivity contribution in [3.05, 3.63) is 29.0 Å². The highest BCUT2D eigenvalue weighted by Crippen LogP contribution is 2.12. The molecule has 1 unspecified atom stereocenters. The number of nitrogens with zero attached hydrogens (tertiary/aromatic N) is 1. The van der Waals surface area contributed by atoms with Crippen LogP contribution in [0.4, 0.5) is 0 Å². The molecule has 76 valence electrons. The second kappa shape index (κ2) is 4.93. The van der Waals surface area contributed by atoms with Crippen LogP contribution in [0.2, 0.25) is 5.02 Å². The standard InChI is InChI=1S/C9H11ClN2O2/c1-6(5-13)12-9(14)7-2-3-11-4-8(7)10/h2-4,6,13H,5H2,1H3,(H,12,14). The quantitative estimate of drug-likeness (QED) is 0.784. The summed E-state index contributed by atoms with van der Waals surface area (Å²) in [6, 6.07) is 1.24. The van der Waals surface area contributed by atoms with E-state index in [0.717, 1.165) is 0 Å². The van der Waals surface area contributed by atoms with Crippen molar-refractivity contribution in [1.82, 2.24) is 10.3 Å². The number of rotatable bonds is 3. The van der Waals surface area contributed by atoms with Gasteiger partial charge in [-0.1, -0.05) is 11.6 Å². The van der Waals surface area contributed by atoms with Crippen LogP contribution in [-0.2, 0) is 0 Å². The Hall–Kier alpha value is -1.13. The lowest BCUT2D eigenvalue weighted by Crippen LogP contribution is -2.35. The Labute approximate surface area is 86.9 Å². The number of nitrogens with one attached hydrogen (secondary N) is 1. The minimum Gasteiger partial charge on any atom is -0.394 e. The molecular formula is C9H11ClN2O2. The van der Waals surface area contributed by atoms with Gasteiger partial charge in [-0.2, -0.15) is 0 Å². The Balaban J connectivity index is 2.75. The van der Waals surface area contributed by atoms with Crippen molar-refractivity contribution in [3.63, 3.8) is 0 Å². The van der Waals surface area contributed by atoms with Crippen LogP contribution in [0.15, 0.2) is 18.5 Å². The average Bonchev–Trinajstić information content (AvgIpc) is 2.18. The van der Waals surface area contributed by atoms with E-state index in [0.29, 0.717) is 10.6 Å². The fraction of sp³-hybridized carbons (Fsp3) is 0.333. The van der Waals surface area contributed by atoms with Gasteiger partial charge in [0, 0.05) is 18.4 Å². The van der Waals surface area contributed by atoms with E-state index in [1.165, 1.54) is 18.5 Å². The van der Waals surface area contributed by atoms with Crippen LogP contribution >= 0.6 is 11.6 Å². The molecule has 0 aliphatic heterocycles. The molecule has 0 saturated heterocycles. The minimum atomic E-state index is -0.307. The molecule has 0 spiro atoms. The van der Waals surface area contributed by atoms with Crippen LogP contribution in [-0.4, -0.2) is 28.6 Å². The lowest BCUT2D eigenvalue weighted by molar-refractivity contribution is 0.0922. The first-order chi connectivity index (χ1) is 6.65. The molecule has 1 atom stereocenters. The maximum Gasteiger partial charge on any atom is 0.253 e. The average molecular weight is 215 g/mol. The third-order valence-electron chi connectivity index (χ3n) is 1.67. The lowest BCUT2D eigenvalue weighted by atomic mass is 10.2. The molecule has 0 saturated carbocycles. The predicted molar refractivity (Wildman–Crippen MR) is 53.3 cm³/mol. The largest absolute Gasteiger partial charge is 0.394 e. The zero-order valence-corrected chi connectivity index (χ0v) is 8.45. The van der Waals surface area contributed by atoms with Gasteiger partial charge in [0.25, 0.3) is 5.91 Å². The fourth-order valence-corrected chi connectivity index (χ4v) is 1.11. The number of hydrogen-bond donors (Lipinski definition) is 2. The molecule has 0 bridgehead atoms. The van der Waals surface area contributed by atoms with Crippen LogP contribution in [0.1, 0.15) is 17.3 Å². The summed E-state index contributed by atoms with van der Waals surface area (Å²) in [6.45, 7) is 1.60. The van der Waals surface area contributed by atoms with Gasteiger partial charge < -0.3 is 10.4 Å². The van der Waals surface area contributed by atoms with Gasteiger partial charge >= 0.3 is 0 Å². The number of amides is 1. The van der Waals surface area contributed by atoms with Crippen LogP contribution < -0.4 is 5.32 Å². The molecule has 0 aliphatic rings. The van der Waals surface area contributed by atoms with Crippen LogP contribution in [0.3, 0.4) is 0 Å². The number of halogens is 1. The first-order valence-electron chi connectivity index (χ1n) is 4.16. The Bertz CT molecular complexity index is 330. The van der Waals surface area contributed by atoms with Gasteiger partial charge in [-0.3, -0.25) is 9.78 Å². The van der Waals surface area contributed by atoms with Crippen molar-refractivity contribution in [1.29, 1.82) is 0 Å². The number of aliphatic hydroxyl groups is 1. The molecular weight excluding hydrogens is 204 g/mol. The van der Waals surface area contributed by atoms with E-state index in [9.17, 15) is 4.79 Å². The molecule has 1 amide bonds. The summed E-state index contributed by atoms with van der Waals surface area (Å²) in [5, 5.41) is 11.6. The number of aliphatic hydroxyl groups excluding tert-OH is 1. The van der Waals surface area contributed by atoms with Crippen molar-refractivity contribution in [3.8, 4) is 0 Å². The number of carbonyl (C=O) groups excluding carboxylic acids is 1.